The topological polar surface area (TPSA) is 83.6 Å². The SMILES string of the molecule is CCCC1(C(=O)O)CCCN(C(=O)C(C)(C)CN)C1. The lowest BCUT2D eigenvalue weighted by Crippen LogP contribution is -2.54. The third kappa shape index (κ3) is 3.26. The van der Waals surface area contributed by atoms with Gasteiger partial charge < -0.3 is 15.7 Å². The molecular weight excluding hydrogens is 244 g/mol. The average Bonchev–Trinajstić information content (AvgIpc) is 2.38. The van der Waals surface area contributed by atoms with Crippen molar-refractivity contribution < 1.29 is 14.7 Å². The number of nitrogens with zero attached hydrogens (tertiary/aromatic N) is 1. The molecule has 5 heteroatoms. The lowest BCUT2D eigenvalue weighted by atomic mass is 9.75. The minimum absolute atomic E-state index is 0.0311. The first kappa shape index (κ1) is 16.0. The highest BCUT2D eigenvalue weighted by Gasteiger charge is 2.44. The van der Waals surface area contributed by atoms with Crippen LogP contribution >= 0.6 is 0 Å². The molecule has 1 rings (SSSR count). The summed E-state index contributed by atoms with van der Waals surface area (Å²) in [5.74, 6) is -0.811. The van der Waals surface area contributed by atoms with Crippen molar-refractivity contribution in [2.75, 3.05) is 19.6 Å². The number of amides is 1. The van der Waals surface area contributed by atoms with E-state index in [9.17, 15) is 14.7 Å². The molecular formula is C14H26N2O3. The number of likely N-dealkylation sites (tertiary alicyclic amines) is 1. The van der Waals surface area contributed by atoms with Crippen LogP contribution in [0.15, 0.2) is 0 Å². The van der Waals surface area contributed by atoms with Crippen molar-refractivity contribution in [2.45, 2.75) is 46.5 Å². The molecule has 0 spiro atoms. The number of rotatable bonds is 5. The van der Waals surface area contributed by atoms with Gasteiger partial charge in [0, 0.05) is 19.6 Å². The van der Waals surface area contributed by atoms with Crippen LogP contribution in [0.25, 0.3) is 0 Å². The summed E-state index contributed by atoms with van der Waals surface area (Å²) >= 11 is 0. The van der Waals surface area contributed by atoms with Gasteiger partial charge in [0.1, 0.15) is 0 Å². The molecule has 1 fully saturated rings. The van der Waals surface area contributed by atoms with Gasteiger partial charge in [0.2, 0.25) is 5.91 Å². The number of carbonyl (C=O) groups excluding carboxylic acids is 1. The zero-order valence-electron chi connectivity index (χ0n) is 12.2. The molecule has 1 amide bonds. The molecule has 0 aliphatic carbocycles. The second-order valence-corrected chi connectivity index (χ2v) is 6.25. The first-order valence-corrected chi connectivity index (χ1v) is 7.02. The third-order valence-corrected chi connectivity index (χ3v) is 4.14. The van der Waals surface area contributed by atoms with Crippen molar-refractivity contribution in [2.24, 2.45) is 16.6 Å². The summed E-state index contributed by atoms with van der Waals surface area (Å²) < 4.78 is 0. The fourth-order valence-corrected chi connectivity index (χ4v) is 2.78. The Kier molecular flexibility index (Phi) is 4.96. The minimum atomic E-state index is -0.780. The summed E-state index contributed by atoms with van der Waals surface area (Å²) in [5.41, 5.74) is 4.25. The molecule has 1 saturated heterocycles. The van der Waals surface area contributed by atoms with Crippen molar-refractivity contribution in [3.8, 4) is 0 Å². The standard InChI is InChI=1S/C14H26N2O3/c1-4-6-14(12(18)19)7-5-8-16(10-14)11(17)13(2,3)9-15/h4-10,15H2,1-3H3,(H,18,19). The second-order valence-electron chi connectivity index (χ2n) is 6.25. The van der Waals surface area contributed by atoms with E-state index in [4.69, 9.17) is 5.73 Å². The smallest absolute Gasteiger partial charge is 0.311 e. The maximum Gasteiger partial charge on any atom is 0.311 e. The summed E-state index contributed by atoms with van der Waals surface area (Å²) in [6.45, 7) is 6.84. The van der Waals surface area contributed by atoms with Gasteiger partial charge in [-0.25, -0.2) is 0 Å². The Labute approximate surface area is 115 Å². The number of carboxylic acids is 1. The highest BCUT2D eigenvalue weighted by atomic mass is 16.4. The predicted molar refractivity (Wildman–Crippen MR) is 73.6 cm³/mol. The summed E-state index contributed by atoms with van der Waals surface area (Å²) in [6, 6.07) is 0. The molecule has 110 valence electrons. The predicted octanol–water partition coefficient (Wildman–Crippen LogP) is 1.46. The van der Waals surface area contributed by atoms with Crippen LogP contribution in [-0.4, -0.2) is 41.5 Å². The van der Waals surface area contributed by atoms with Gasteiger partial charge in [-0.15, -0.1) is 0 Å². The molecule has 19 heavy (non-hydrogen) atoms. The molecule has 1 aliphatic rings. The number of hydrogen-bond acceptors (Lipinski definition) is 3. The van der Waals surface area contributed by atoms with Crippen LogP contribution in [0.4, 0.5) is 0 Å². The molecule has 0 aromatic rings. The Bertz CT molecular complexity index is 351. The monoisotopic (exact) mass is 270 g/mol. The van der Waals surface area contributed by atoms with Crippen LogP contribution in [0.2, 0.25) is 0 Å². The molecule has 0 aromatic carbocycles. The van der Waals surface area contributed by atoms with E-state index in [2.05, 4.69) is 0 Å². The zero-order valence-corrected chi connectivity index (χ0v) is 12.2. The van der Waals surface area contributed by atoms with E-state index in [-0.39, 0.29) is 12.5 Å². The summed E-state index contributed by atoms with van der Waals surface area (Å²) in [4.78, 5) is 25.7. The van der Waals surface area contributed by atoms with Crippen LogP contribution in [0.1, 0.15) is 46.5 Å². The zero-order chi connectivity index (χ0) is 14.7. The van der Waals surface area contributed by atoms with E-state index in [0.29, 0.717) is 25.9 Å². The van der Waals surface area contributed by atoms with Crippen molar-refractivity contribution in [1.29, 1.82) is 0 Å². The van der Waals surface area contributed by atoms with Gasteiger partial charge in [-0.3, -0.25) is 9.59 Å². The highest BCUT2D eigenvalue weighted by molar-refractivity contribution is 5.84. The van der Waals surface area contributed by atoms with Gasteiger partial charge in [-0.1, -0.05) is 13.3 Å². The van der Waals surface area contributed by atoms with E-state index >= 15 is 0 Å². The van der Waals surface area contributed by atoms with Gasteiger partial charge in [0.25, 0.3) is 0 Å². The molecule has 3 N–H and O–H groups in total. The van der Waals surface area contributed by atoms with Crippen molar-refractivity contribution in [3.05, 3.63) is 0 Å². The van der Waals surface area contributed by atoms with E-state index in [1.165, 1.54) is 0 Å². The van der Waals surface area contributed by atoms with Gasteiger partial charge in [-0.2, -0.15) is 0 Å². The fourth-order valence-electron chi connectivity index (χ4n) is 2.78. The Hall–Kier alpha value is -1.10. The lowest BCUT2D eigenvalue weighted by molar-refractivity contribution is -0.157. The number of carbonyl (C=O) groups is 2. The Morgan fingerprint density at radius 1 is 1.42 bits per heavy atom. The fraction of sp³-hybridized carbons (Fsp3) is 0.857. The maximum absolute atomic E-state index is 12.4. The van der Waals surface area contributed by atoms with Crippen LogP contribution in [0.3, 0.4) is 0 Å². The average molecular weight is 270 g/mol. The highest BCUT2D eigenvalue weighted by Crippen LogP contribution is 2.36. The van der Waals surface area contributed by atoms with Crippen molar-refractivity contribution in [1.82, 2.24) is 4.90 Å². The molecule has 0 bridgehead atoms. The van der Waals surface area contributed by atoms with Crippen molar-refractivity contribution in [3.63, 3.8) is 0 Å². The van der Waals surface area contributed by atoms with Gasteiger partial charge in [0.15, 0.2) is 0 Å². The third-order valence-electron chi connectivity index (χ3n) is 4.14. The van der Waals surface area contributed by atoms with E-state index < -0.39 is 16.8 Å². The molecule has 1 heterocycles. The van der Waals surface area contributed by atoms with Crippen LogP contribution in [0.5, 0.6) is 0 Å². The lowest BCUT2D eigenvalue weighted by Gasteiger charge is -2.42. The number of nitrogens with two attached hydrogens (primary N) is 1. The number of aliphatic carboxylic acids is 1. The summed E-state index contributed by atoms with van der Waals surface area (Å²) in [6.07, 6.45) is 2.84. The molecule has 1 atom stereocenters. The van der Waals surface area contributed by atoms with Crippen LogP contribution in [0, 0.1) is 10.8 Å². The Morgan fingerprint density at radius 2 is 2.05 bits per heavy atom. The first-order valence-electron chi connectivity index (χ1n) is 7.02. The number of carboxylic acid groups (broad SMARTS) is 1. The first-order chi connectivity index (χ1) is 8.79. The van der Waals surface area contributed by atoms with E-state index in [1.54, 1.807) is 4.90 Å². The summed E-state index contributed by atoms with van der Waals surface area (Å²) in [5, 5.41) is 9.52. The Morgan fingerprint density at radius 3 is 2.53 bits per heavy atom. The molecule has 1 unspecified atom stereocenters. The molecule has 0 saturated carbocycles. The molecule has 5 nitrogen and oxygen atoms in total. The number of hydrogen-bond donors (Lipinski definition) is 2. The van der Waals surface area contributed by atoms with Crippen LogP contribution < -0.4 is 5.73 Å². The van der Waals surface area contributed by atoms with Crippen LogP contribution in [-0.2, 0) is 9.59 Å². The molecule has 0 aromatic heterocycles. The Balaban J connectivity index is 2.89. The molecule has 1 aliphatic heterocycles. The van der Waals surface area contributed by atoms with Crippen molar-refractivity contribution >= 4 is 11.9 Å². The largest absolute Gasteiger partial charge is 0.481 e. The maximum atomic E-state index is 12.4. The van der Waals surface area contributed by atoms with Gasteiger partial charge in [-0.05, 0) is 33.1 Å². The van der Waals surface area contributed by atoms with E-state index in [1.807, 2.05) is 20.8 Å². The second kappa shape index (κ2) is 5.90. The minimum Gasteiger partial charge on any atom is -0.481 e. The molecule has 0 radical (unpaired) electrons. The summed E-state index contributed by atoms with van der Waals surface area (Å²) in [7, 11) is 0. The van der Waals surface area contributed by atoms with Gasteiger partial charge >= 0.3 is 5.97 Å². The quantitative estimate of drug-likeness (QED) is 0.792. The number of piperidine rings is 1. The normalized spacial score (nSPS) is 24.3. The van der Waals surface area contributed by atoms with E-state index in [0.717, 1.165) is 12.8 Å². The van der Waals surface area contributed by atoms with Gasteiger partial charge in [0.05, 0.1) is 10.8 Å².